The van der Waals surface area contributed by atoms with Gasteiger partial charge in [-0.05, 0) is 0 Å². The summed E-state index contributed by atoms with van der Waals surface area (Å²) in [6.07, 6.45) is 0.420. The molecule has 5 nitrogen and oxygen atoms in total. The molecule has 0 bridgehead atoms. The maximum absolute atomic E-state index is 10.4. The monoisotopic (exact) mass is 201 g/mol. The van der Waals surface area contributed by atoms with Crippen molar-refractivity contribution < 1.29 is 9.53 Å². The van der Waals surface area contributed by atoms with Crippen LogP contribution in [0.4, 0.5) is 0 Å². The second-order valence-electron chi connectivity index (χ2n) is 3.42. The highest BCUT2D eigenvalue weighted by Crippen LogP contribution is 1.94. The molecule has 1 rings (SSSR count). The highest BCUT2D eigenvalue weighted by molar-refractivity contribution is 5.73. The molecule has 0 spiro atoms. The SMILES string of the molecule is NC(=O)CCNCCN1CCOCC1. The number of hydrogen-bond acceptors (Lipinski definition) is 4. The zero-order chi connectivity index (χ0) is 10.2. The summed E-state index contributed by atoms with van der Waals surface area (Å²) in [5.74, 6) is -0.246. The Hall–Kier alpha value is -0.650. The molecule has 5 heteroatoms. The number of morpholine rings is 1. The second kappa shape index (κ2) is 6.75. The van der Waals surface area contributed by atoms with E-state index in [9.17, 15) is 4.79 Å². The minimum absolute atomic E-state index is 0.246. The van der Waals surface area contributed by atoms with Gasteiger partial charge >= 0.3 is 0 Å². The smallest absolute Gasteiger partial charge is 0.218 e. The first kappa shape index (κ1) is 11.4. The Labute approximate surface area is 84.6 Å². The molecule has 1 saturated heterocycles. The average Bonchev–Trinajstić information content (AvgIpc) is 2.18. The van der Waals surface area contributed by atoms with E-state index in [-0.39, 0.29) is 5.91 Å². The van der Waals surface area contributed by atoms with Gasteiger partial charge in [-0.2, -0.15) is 0 Å². The lowest BCUT2D eigenvalue weighted by molar-refractivity contribution is -0.117. The maximum Gasteiger partial charge on any atom is 0.218 e. The minimum atomic E-state index is -0.246. The number of primary amides is 1. The molecule has 0 radical (unpaired) electrons. The molecule has 1 fully saturated rings. The zero-order valence-electron chi connectivity index (χ0n) is 8.50. The van der Waals surface area contributed by atoms with Crippen LogP contribution in [0.1, 0.15) is 6.42 Å². The van der Waals surface area contributed by atoms with Crippen LogP contribution in [-0.4, -0.2) is 56.7 Å². The molecule has 14 heavy (non-hydrogen) atoms. The summed E-state index contributed by atoms with van der Waals surface area (Å²) in [6, 6.07) is 0. The number of rotatable bonds is 6. The molecule has 0 saturated carbocycles. The molecule has 1 amide bonds. The van der Waals surface area contributed by atoms with Crippen molar-refractivity contribution in [2.45, 2.75) is 6.42 Å². The van der Waals surface area contributed by atoms with Crippen LogP contribution in [0.2, 0.25) is 0 Å². The third-order valence-corrected chi connectivity index (χ3v) is 2.26. The van der Waals surface area contributed by atoms with Crippen LogP contribution in [0.3, 0.4) is 0 Å². The van der Waals surface area contributed by atoms with Crippen molar-refractivity contribution >= 4 is 5.91 Å². The molecule has 0 aromatic heterocycles. The normalized spacial score (nSPS) is 18.3. The summed E-state index contributed by atoms with van der Waals surface area (Å²) in [5, 5.41) is 3.18. The summed E-state index contributed by atoms with van der Waals surface area (Å²) in [7, 11) is 0. The number of nitrogens with two attached hydrogens (primary N) is 1. The quantitative estimate of drug-likeness (QED) is 0.529. The Morgan fingerprint density at radius 2 is 2.07 bits per heavy atom. The standard InChI is InChI=1S/C9H19N3O2/c10-9(13)1-2-11-3-4-12-5-7-14-8-6-12/h11H,1-8H2,(H2,10,13). The zero-order valence-corrected chi connectivity index (χ0v) is 8.50. The van der Waals surface area contributed by atoms with Gasteiger partial charge in [-0.25, -0.2) is 0 Å². The van der Waals surface area contributed by atoms with Gasteiger partial charge in [0.1, 0.15) is 0 Å². The fourth-order valence-electron chi connectivity index (χ4n) is 1.40. The lowest BCUT2D eigenvalue weighted by Gasteiger charge is -2.26. The number of carbonyl (C=O) groups excluding carboxylic acids is 1. The molecule has 0 aromatic rings. The Morgan fingerprint density at radius 1 is 1.36 bits per heavy atom. The fraction of sp³-hybridized carbons (Fsp3) is 0.889. The molecule has 1 heterocycles. The summed E-state index contributed by atoms with van der Waals surface area (Å²) in [5.41, 5.74) is 5.01. The first-order chi connectivity index (χ1) is 6.79. The average molecular weight is 201 g/mol. The Kier molecular flexibility index (Phi) is 5.51. The van der Waals surface area contributed by atoms with Gasteiger partial charge in [0.15, 0.2) is 0 Å². The van der Waals surface area contributed by atoms with Crippen molar-refractivity contribution in [3.63, 3.8) is 0 Å². The fourth-order valence-corrected chi connectivity index (χ4v) is 1.40. The predicted octanol–water partition coefficient (Wildman–Crippen LogP) is -1.22. The first-order valence-corrected chi connectivity index (χ1v) is 5.08. The molecular formula is C9H19N3O2. The van der Waals surface area contributed by atoms with Gasteiger partial charge in [0.2, 0.25) is 5.91 Å². The van der Waals surface area contributed by atoms with E-state index in [2.05, 4.69) is 10.2 Å². The summed E-state index contributed by atoms with van der Waals surface area (Å²) in [6.45, 7) is 6.30. The van der Waals surface area contributed by atoms with Crippen LogP contribution >= 0.6 is 0 Å². The highest BCUT2D eigenvalue weighted by Gasteiger charge is 2.08. The molecule has 0 aliphatic carbocycles. The number of nitrogens with zero attached hydrogens (tertiary/aromatic N) is 1. The molecule has 0 unspecified atom stereocenters. The lowest BCUT2D eigenvalue weighted by atomic mass is 10.4. The number of hydrogen-bond donors (Lipinski definition) is 2. The van der Waals surface area contributed by atoms with E-state index in [1.807, 2.05) is 0 Å². The van der Waals surface area contributed by atoms with Gasteiger partial charge in [-0.3, -0.25) is 9.69 Å². The molecule has 1 aliphatic heterocycles. The van der Waals surface area contributed by atoms with Crippen molar-refractivity contribution in [3.8, 4) is 0 Å². The molecule has 3 N–H and O–H groups in total. The third-order valence-electron chi connectivity index (χ3n) is 2.26. The number of amides is 1. The van der Waals surface area contributed by atoms with Gasteiger partial charge in [0.05, 0.1) is 13.2 Å². The van der Waals surface area contributed by atoms with Crippen molar-refractivity contribution in [1.29, 1.82) is 0 Å². The van der Waals surface area contributed by atoms with Crippen LogP contribution in [0.5, 0.6) is 0 Å². The Morgan fingerprint density at radius 3 is 2.71 bits per heavy atom. The Bertz CT molecular complexity index is 169. The van der Waals surface area contributed by atoms with E-state index in [0.717, 1.165) is 39.4 Å². The molecule has 1 aliphatic rings. The van der Waals surface area contributed by atoms with E-state index in [0.29, 0.717) is 13.0 Å². The molecule has 0 aromatic carbocycles. The van der Waals surface area contributed by atoms with Gasteiger partial charge < -0.3 is 15.8 Å². The van der Waals surface area contributed by atoms with E-state index in [1.54, 1.807) is 0 Å². The number of carbonyl (C=O) groups is 1. The summed E-state index contributed by atoms with van der Waals surface area (Å²) >= 11 is 0. The molecule has 82 valence electrons. The molecule has 0 atom stereocenters. The van der Waals surface area contributed by atoms with Crippen molar-refractivity contribution in [3.05, 3.63) is 0 Å². The van der Waals surface area contributed by atoms with Crippen LogP contribution in [0, 0.1) is 0 Å². The van der Waals surface area contributed by atoms with Crippen molar-refractivity contribution in [2.24, 2.45) is 5.73 Å². The maximum atomic E-state index is 10.4. The number of nitrogens with one attached hydrogen (secondary N) is 1. The predicted molar refractivity (Wildman–Crippen MR) is 53.9 cm³/mol. The van der Waals surface area contributed by atoms with E-state index < -0.39 is 0 Å². The largest absolute Gasteiger partial charge is 0.379 e. The van der Waals surface area contributed by atoms with Crippen LogP contribution in [0.25, 0.3) is 0 Å². The topological polar surface area (TPSA) is 67.6 Å². The van der Waals surface area contributed by atoms with Crippen LogP contribution in [-0.2, 0) is 9.53 Å². The van der Waals surface area contributed by atoms with Gasteiger partial charge in [0, 0.05) is 39.1 Å². The highest BCUT2D eigenvalue weighted by atomic mass is 16.5. The van der Waals surface area contributed by atoms with Gasteiger partial charge in [0.25, 0.3) is 0 Å². The van der Waals surface area contributed by atoms with Gasteiger partial charge in [-0.1, -0.05) is 0 Å². The first-order valence-electron chi connectivity index (χ1n) is 5.08. The van der Waals surface area contributed by atoms with Crippen LogP contribution < -0.4 is 11.1 Å². The second-order valence-corrected chi connectivity index (χ2v) is 3.42. The van der Waals surface area contributed by atoms with E-state index in [4.69, 9.17) is 10.5 Å². The summed E-state index contributed by atoms with van der Waals surface area (Å²) < 4.78 is 5.24. The van der Waals surface area contributed by atoms with E-state index in [1.165, 1.54) is 0 Å². The minimum Gasteiger partial charge on any atom is -0.379 e. The Balaban J connectivity index is 1.90. The number of ether oxygens (including phenoxy) is 1. The summed E-state index contributed by atoms with van der Waals surface area (Å²) in [4.78, 5) is 12.8. The lowest BCUT2D eigenvalue weighted by Crippen LogP contribution is -2.40. The molecular weight excluding hydrogens is 182 g/mol. The van der Waals surface area contributed by atoms with Gasteiger partial charge in [-0.15, -0.1) is 0 Å². The van der Waals surface area contributed by atoms with Crippen LogP contribution in [0.15, 0.2) is 0 Å². The third kappa shape index (κ3) is 5.16. The van der Waals surface area contributed by atoms with Crippen molar-refractivity contribution in [2.75, 3.05) is 45.9 Å². The van der Waals surface area contributed by atoms with Crippen molar-refractivity contribution in [1.82, 2.24) is 10.2 Å². The van der Waals surface area contributed by atoms with E-state index >= 15 is 0 Å².